The minimum atomic E-state index is 0.248. The van der Waals surface area contributed by atoms with Gasteiger partial charge in [-0.3, -0.25) is 0 Å². The molecule has 0 aliphatic heterocycles. The summed E-state index contributed by atoms with van der Waals surface area (Å²) in [5.41, 5.74) is 0. The Morgan fingerprint density at radius 1 is 0.619 bits per heavy atom. The molecule has 1 N–H and O–H groups in total. The first-order valence-electron chi connectivity index (χ1n) is 9.46. The van der Waals surface area contributed by atoms with Crippen molar-refractivity contribution in [1.29, 1.82) is 0 Å². The van der Waals surface area contributed by atoms with Gasteiger partial charge in [0.2, 0.25) is 0 Å². The molecule has 0 radical (unpaired) electrons. The molecule has 0 saturated carbocycles. The number of ether oxygens (including phenoxy) is 1. The summed E-state index contributed by atoms with van der Waals surface area (Å²) in [7, 11) is 0. The van der Waals surface area contributed by atoms with Gasteiger partial charge in [-0.25, -0.2) is 0 Å². The van der Waals surface area contributed by atoms with Crippen LogP contribution in [-0.2, 0) is 4.74 Å². The Labute approximate surface area is 133 Å². The molecule has 0 aromatic carbocycles. The molecule has 0 aromatic heterocycles. The fraction of sp³-hybridized carbons (Fsp3) is 1.00. The third-order valence-corrected chi connectivity index (χ3v) is 4.02. The van der Waals surface area contributed by atoms with Gasteiger partial charge in [0, 0.05) is 19.8 Å². The van der Waals surface area contributed by atoms with E-state index in [2.05, 4.69) is 13.8 Å². The number of aliphatic hydroxyl groups excluding tert-OH is 1. The molecule has 0 heterocycles. The van der Waals surface area contributed by atoms with Gasteiger partial charge in [0.05, 0.1) is 0 Å². The minimum absolute atomic E-state index is 0.248. The van der Waals surface area contributed by atoms with Gasteiger partial charge in [-0.1, -0.05) is 84.5 Å². The normalized spacial score (nSPS) is 11.4. The molecular weight excluding hydrogens is 260 g/mol. The van der Waals surface area contributed by atoms with Crippen LogP contribution in [0.25, 0.3) is 0 Å². The first-order chi connectivity index (χ1) is 10.3. The molecule has 0 aromatic rings. The lowest BCUT2D eigenvalue weighted by Crippen LogP contribution is -1.98. The summed E-state index contributed by atoms with van der Waals surface area (Å²) in [4.78, 5) is 0. The highest BCUT2D eigenvalue weighted by Crippen LogP contribution is 2.13. The van der Waals surface area contributed by atoms with E-state index in [9.17, 15) is 0 Å². The highest BCUT2D eigenvalue weighted by molar-refractivity contribution is 4.50. The first-order valence-corrected chi connectivity index (χ1v) is 9.46. The molecular formula is C19H40O2. The van der Waals surface area contributed by atoms with Crippen LogP contribution in [0.4, 0.5) is 0 Å². The van der Waals surface area contributed by atoms with Crippen LogP contribution >= 0.6 is 0 Å². The number of rotatable bonds is 17. The van der Waals surface area contributed by atoms with Gasteiger partial charge in [-0.15, -0.1) is 0 Å². The molecule has 0 aliphatic carbocycles. The molecule has 21 heavy (non-hydrogen) atoms. The summed E-state index contributed by atoms with van der Waals surface area (Å²) in [5.74, 6) is 0.880. The Morgan fingerprint density at radius 2 is 1.05 bits per heavy atom. The highest BCUT2D eigenvalue weighted by Gasteiger charge is 1.96. The average Bonchev–Trinajstić information content (AvgIpc) is 2.46. The van der Waals surface area contributed by atoms with Crippen LogP contribution in [0.5, 0.6) is 0 Å². The maximum atomic E-state index is 8.61. The van der Waals surface area contributed by atoms with Gasteiger partial charge in [-0.05, 0) is 18.8 Å². The maximum Gasteiger partial charge on any atom is 0.0487 e. The van der Waals surface area contributed by atoms with Gasteiger partial charge < -0.3 is 9.84 Å². The van der Waals surface area contributed by atoms with Gasteiger partial charge in [0.25, 0.3) is 0 Å². The summed E-state index contributed by atoms with van der Waals surface area (Å²) in [6.07, 6.45) is 17.4. The van der Waals surface area contributed by atoms with Gasteiger partial charge >= 0.3 is 0 Å². The second-order valence-electron chi connectivity index (χ2n) is 6.76. The summed E-state index contributed by atoms with van der Waals surface area (Å²) in [6.45, 7) is 6.48. The standard InChI is InChI=1S/C19H40O2/c1-19(2)15-12-10-8-6-4-3-5-7-9-11-13-17-21-18-14-16-20/h19-20H,3-18H2,1-2H3. The van der Waals surface area contributed by atoms with E-state index in [0.717, 1.165) is 18.9 Å². The predicted molar refractivity (Wildman–Crippen MR) is 92.8 cm³/mol. The number of hydrogen-bond donors (Lipinski definition) is 1. The molecule has 0 spiro atoms. The lowest BCUT2D eigenvalue weighted by Gasteiger charge is -2.05. The second-order valence-corrected chi connectivity index (χ2v) is 6.76. The molecule has 0 amide bonds. The zero-order valence-corrected chi connectivity index (χ0v) is 14.7. The highest BCUT2D eigenvalue weighted by atomic mass is 16.5. The Bertz CT molecular complexity index is 180. The topological polar surface area (TPSA) is 29.5 Å². The Hall–Kier alpha value is -0.0800. The van der Waals surface area contributed by atoms with E-state index in [1.54, 1.807) is 0 Å². The number of hydrogen-bond acceptors (Lipinski definition) is 2. The molecule has 0 unspecified atom stereocenters. The lowest BCUT2D eigenvalue weighted by atomic mass is 10.0. The van der Waals surface area contributed by atoms with Crippen molar-refractivity contribution in [3.8, 4) is 0 Å². The fourth-order valence-electron chi connectivity index (χ4n) is 2.62. The van der Waals surface area contributed by atoms with Crippen molar-refractivity contribution < 1.29 is 9.84 Å². The number of aliphatic hydroxyl groups is 1. The molecule has 0 aliphatic rings. The van der Waals surface area contributed by atoms with Crippen molar-refractivity contribution in [2.45, 2.75) is 97.3 Å². The molecule has 2 nitrogen and oxygen atoms in total. The molecule has 0 atom stereocenters. The third-order valence-electron chi connectivity index (χ3n) is 4.02. The van der Waals surface area contributed by atoms with Crippen LogP contribution < -0.4 is 0 Å². The van der Waals surface area contributed by atoms with Crippen molar-refractivity contribution >= 4 is 0 Å². The lowest BCUT2D eigenvalue weighted by molar-refractivity contribution is 0.112. The summed E-state index contributed by atoms with van der Waals surface area (Å²) >= 11 is 0. The van der Waals surface area contributed by atoms with Crippen LogP contribution in [0.1, 0.15) is 97.3 Å². The zero-order valence-electron chi connectivity index (χ0n) is 14.7. The van der Waals surface area contributed by atoms with E-state index in [-0.39, 0.29) is 6.61 Å². The molecule has 2 heteroatoms. The van der Waals surface area contributed by atoms with Crippen molar-refractivity contribution in [3.05, 3.63) is 0 Å². The van der Waals surface area contributed by atoms with Crippen LogP contribution in [0.2, 0.25) is 0 Å². The predicted octanol–water partition coefficient (Wildman–Crippen LogP) is 5.72. The van der Waals surface area contributed by atoms with E-state index in [0.29, 0.717) is 6.61 Å². The van der Waals surface area contributed by atoms with E-state index >= 15 is 0 Å². The van der Waals surface area contributed by atoms with Gasteiger partial charge in [0.1, 0.15) is 0 Å². The maximum absolute atomic E-state index is 8.61. The quantitative estimate of drug-likeness (QED) is 0.348. The Morgan fingerprint density at radius 3 is 1.52 bits per heavy atom. The minimum Gasteiger partial charge on any atom is -0.396 e. The van der Waals surface area contributed by atoms with E-state index in [4.69, 9.17) is 9.84 Å². The van der Waals surface area contributed by atoms with Crippen LogP contribution in [0.3, 0.4) is 0 Å². The van der Waals surface area contributed by atoms with E-state index in [1.807, 2.05) is 0 Å². The number of unbranched alkanes of at least 4 members (excludes halogenated alkanes) is 10. The average molecular weight is 301 g/mol. The summed E-state index contributed by atoms with van der Waals surface area (Å²) in [5, 5.41) is 8.61. The van der Waals surface area contributed by atoms with Gasteiger partial charge in [-0.2, -0.15) is 0 Å². The van der Waals surface area contributed by atoms with Crippen LogP contribution in [0.15, 0.2) is 0 Å². The van der Waals surface area contributed by atoms with Gasteiger partial charge in [0.15, 0.2) is 0 Å². The largest absolute Gasteiger partial charge is 0.396 e. The van der Waals surface area contributed by atoms with Crippen LogP contribution in [0, 0.1) is 5.92 Å². The Balaban J connectivity index is 2.93. The molecule has 0 rings (SSSR count). The molecule has 0 fully saturated rings. The third kappa shape index (κ3) is 19.9. The molecule has 0 saturated heterocycles. The monoisotopic (exact) mass is 300 g/mol. The SMILES string of the molecule is CC(C)CCCCCCCCCCCCCOCCCO. The Kier molecular flexibility index (Phi) is 17.9. The van der Waals surface area contributed by atoms with Crippen molar-refractivity contribution in [1.82, 2.24) is 0 Å². The summed E-state index contributed by atoms with van der Waals surface area (Å²) in [6, 6.07) is 0. The first kappa shape index (κ1) is 20.9. The van der Waals surface area contributed by atoms with Crippen molar-refractivity contribution in [2.75, 3.05) is 19.8 Å². The van der Waals surface area contributed by atoms with Crippen LogP contribution in [-0.4, -0.2) is 24.9 Å². The smallest absolute Gasteiger partial charge is 0.0487 e. The zero-order chi connectivity index (χ0) is 15.6. The van der Waals surface area contributed by atoms with E-state index < -0.39 is 0 Å². The van der Waals surface area contributed by atoms with Crippen molar-refractivity contribution in [2.24, 2.45) is 5.92 Å². The van der Waals surface area contributed by atoms with Crippen molar-refractivity contribution in [3.63, 3.8) is 0 Å². The second kappa shape index (κ2) is 18.0. The molecule has 0 bridgehead atoms. The fourth-order valence-corrected chi connectivity index (χ4v) is 2.62. The van der Waals surface area contributed by atoms with E-state index in [1.165, 1.54) is 77.0 Å². The summed E-state index contributed by atoms with van der Waals surface area (Å²) < 4.78 is 5.42. The molecule has 128 valence electrons.